The van der Waals surface area contributed by atoms with Crippen molar-refractivity contribution in [1.29, 1.82) is 0 Å². The minimum absolute atomic E-state index is 0.0844. The highest BCUT2D eigenvalue weighted by Gasteiger charge is 2.56. The summed E-state index contributed by atoms with van der Waals surface area (Å²) in [5.41, 5.74) is 1.99. The molecular formula is C21H37NO8. The number of carbonyl (C=O) groups is 3. The third-order valence-electron chi connectivity index (χ3n) is 5.20. The van der Waals surface area contributed by atoms with Crippen LogP contribution in [0.1, 0.15) is 60.3 Å². The van der Waals surface area contributed by atoms with E-state index in [0.29, 0.717) is 26.1 Å². The van der Waals surface area contributed by atoms with Gasteiger partial charge in [0.2, 0.25) is 5.72 Å². The second-order valence-electron chi connectivity index (χ2n) is 8.39. The summed E-state index contributed by atoms with van der Waals surface area (Å²) in [5, 5.41) is 0. The summed E-state index contributed by atoms with van der Waals surface area (Å²) in [4.78, 5) is 38.9. The van der Waals surface area contributed by atoms with E-state index in [2.05, 4.69) is 0 Å². The summed E-state index contributed by atoms with van der Waals surface area (Å²) >= 11 is 0. The Bertz CT molecular complexity index is 576. The largest absolute Gasteiger partial charge is 0.465 e. The Kier molecular flexibility index (Phi) is 9.71. The van der Waals surface area contributed by atoms with Gasteiger partial charge in [-0.15, -0.1) is 0 Å². The second kappa shape index (κ2) is 11.1. The van der Waals surface area contributed by atoms with Gasteiger partial charge in [-0.3, -0.25) is 15.3 Å². The molecule has 0 amide bonds. The van der Waals surface area contributed by atoms with E-state index in [0.717, 1.165) is 0 Å². The van der Waals surface area contributed by atoms with Crippen molar-refractivity contribution in [2.75, 3.05) is 33.5 Å². The van der Waals surface area contributed by atoms with Crippen molar-refractivity contribution in [2.24, 2.45) is 17.1 Å². The van der Waals surface area contributed by atoms with Gasteiger partial charge in [0.15, 0.2) is 5.41 Å². The molecule has 1 saturated heterocycles. The highest BCUT2D eigenvalue weighted by Crippen LogP contribution is 2.43. The third-order valence-corrected chi connectivity index (χ3v) is 5.20. The van der Waals surface area contributed by atoms with Crippen molar-refractivity contribution in [1.82, 2.24) is 0 Å². The van der Waals surface area contributed by atoms with Crippen LogP contribution in [0.5, 0.6) is 0 Å². The van der Waals surface area contributed by atoms with E-state index >= 15 is 0 Å². The molecule has 0 aromatic carbocycles. The molecule has 1 aliphatic rings. The predicted molar refractivity (Wildman–Crippen MR) is 108 cm³/mol. The minimum Gasteiger partial charge on any atom is -0.465 e. The zero-order valence-corrected chi connectivity index (χ0v) is 19.1. The summed E-state index contributed by atoms with van der Waals surface area (Å²) < 4.78 is 26.6. The summed E-state index contributed by atoms with van der Waals surface area (Å²) in [7, 11) is 1.29. The lowest BCUT2D eigenvalue weighted by Crippen LogP contribution is -2.56. The maximum absolute atomic E-state index is 13.1. The molecule has 1 unspecified atom stereocenters. The lowest BCUT2D eigenvalue weighted by molar-refractivity contribution is -0.189. The van der Waals surface area contributed by atoms with Crippen LogP contribution < -0.4 is 5.73 Å². The molecule has 1 heterocycles. The van der Waals surface area contributed by atoms with Gasteiger partial charge in [-0.1, -0.05) is 0 Å². The Morgan fingerprint density at radius 2 is 1.43 bits per heavy atom. The van der Waals surface area contributed by atoms with Crippen LogP contribution in [0.4, 0.5) is 0 Å². The van der Waals surface area contributed by atoms with E-state index in [4.69, 9.17) is 29.4 Å². The van der Waals surface area contributed by atoms with Gasteiger partial charge in [0.1, 0.15) is 5.60 Å². The average Bonchev–Trinajstić information content (AvgIpc) is 2.68. The fourth-order valence-corrected chi connectivity index (χ4v) is 3.57. The normalized spacial score (nSPS) is 17.7. The van der Waals surface area contributed by atoms with E-state index in [9.17, 15) is 14.4 Å². The molecule has 30 heavy (non-hydrogen) atoms. The maximum Gasteiger partial charge on any atom is 0.354 e. The number of methoxy groups -OCH3 is 1. The van der Waals surface area contributed by atoms with Crippen LogP contribution in [0.25, 0.3) is 0 Å². The summed E-state index contributed by atoms with van der Waals surface area (Å²) in [6.07, 6.45) is 0.746. The first kappa shape index (κ1) is 26.3. The molecule has 1 atom stereocenters. The zero-order valence-electron chi connectivity index (χ0n) is 19.1. The van der Waals surface area contributed by atoms with Gasteiger partial charge in [0.25, 0.3) is 0 Å². The average molecular weight is 432 g/mol. The Balaban J connectivity index is 3.29. The molecule has 1 aliphatic heterocycles. The first-order valence-electron chi connectivity index (χ1n) is 10.5. The van der Waals surface area contributed by atoms with Crippen LogP contribution in [0, 0.1) is 11.3 Å². The highest BCUT2D eigenvalue weighted by atomic mass is 16.6. The monoisotopic (exact) mass is 431 g/mol. The Morgan fingerprint density at radius 1 is 0.933 bits per heavy atom. The van der Waals surface area contributed by atoms with Crippen LogP contribution in [-0.4, -0.2) is 62.8 Å². The molecule has 0 aromatic heterocycles. The fourth-order valence-electron chi connectivity index (χ4n) is 3.57. The number of carbonyl (C=O) groups excluding carboxylic acids is 3. The highest BCUT2D eigenvalue weighted by molar-refractivity contribution is 6.00. The number of ether oxygens (including phenoxy) is 5. The van der Waals surface area contributed by atoms with Gasteiger partial charge in [-0.2, -0.15) is 0 Å². The molecule has 174 valence electrons. The SMILES string of the molecule is CCOC(=O)C(CCC(N)(OC)C(=O)OC(C)(C)C)(C(=O)OCC)C1CCOCC1. The van der Waals surface area contributed by atoms with Crippen molar-refractivity contribution in [3.05, 3.63) is 0 Å². The minimum atomic E-state index is -1.83. The zero-order chi connectivity index (χ0) is 23.0. The van der Waals surface area contributed by atoms with Gasteiger partial charge in [-0.25, -0.2) is 4.79 Å². The fraction of sp³-hybridized carbons (Fsp3) is 0.857. The second-order valence-corrected chi connectivity index (χ2v) is 8.39. The summed E-state index contributed by atoms with van der Waals surface area (Å²) in [6.45, 7) is 9.51. The van der Waals surface area contributed by atoms with Crippen LogP contribution >= 0.6 is 0 Å². The smallest absolute Gasteiger partial charge is 0.354 e. The van der Waals surface area contributed by atoms with E-state index in [-0.39, 0.29) is 32.0 Å². The molecule has 9 nitrogen and oxygen atoms in total. The van der Waals surface area contributed by atoms with Crippen LogP contribution in [0.15, 0.2) is 0 Å². The molecule has 2 N–H and O–H groups in total. The van der Waals surface area contributed by atoms with Crippen molar-refractivity contribution >= 4 is 17.9 Å². The van der Waals surface area contributed by atoms with Crippen molar-refractivity contribution < 1.29 is 38.1 Å². The molecule has 0 bridgehead atoms. The topological polar surface area (TPSA) is 123 Å². The number of nitrogens with two attached hydrogens (primary N) is 1. The van der Waals surface area contributed by atoms with Crippen molar-refractivity contribution in [2.45, 2.75) is 71.6 Å². The van der Waals surface area contributed by atoms with Gasteiger partial charge in [0, 0.05) is 26.7 Å². The lowest BCUT2D eigenvalue weighted by Gasteiger charge is -2.40. The van der Waals surface area contributed by atoms with Crippen LogP contribution in [0.3, 0.4) is 0 Å². The Hall–Kier alpha value is -1.71. The summed E-state index contributed by atoms with van der Waals surface area (Å²) in [5.74, 6) is -2.51. The van der Waals surface area contributed by atoms with E-state index in [1.54, 1.807) is 34.6 Å². The molecule has 0 spiro atoms. The number of esters is 3. The molecule has 0 radical (unpaired) electrons. The quantitative estimate of drug-likeness (QED) is 0.239. The Morgan fingerprint density at radius 3 is 1.83 bits per heavy atom. The molecule has 9 heteroatoms. The molecule has 0 aromatic rings. The number of rotatable bonds is 10. The first-order valence-corrected chi connectivity index (χ1v) is 10.5. The van der Waals surface area contributed by atoms with Gasteiger partial charge in [-0.05, 0) is 59.8 Å². The van der Waals surface area contributed by atoms with E-state index < -0.39 is 34.6 Å². The summed E-state index contributed by atoms with van der Waals surface area (Å²) in [6, 6.07) is 0. The van der Waals surface area contributed by atoms with Crippen molar-refractivity contribution in [3.8, 4) is 0 Å². The molecular weight excluding hydrogens is 394 g/mol. The lowest BCUT2D eigenvalue weighted by atomic mass is 9.68. The maximum atomic E-state index is 13.1. The third kappa shape index (κ3) is 6.39. The van der Waals surface area contributed by atoms with Gasteiger partial charge >= 0.3 is 17.9 Å². The van der Waals surface area contributed by atoms with Crippen molar-refractivity contribution in [3.63, 3.8) is 0 Å². The molecule has 0 saturated carbocycles. The molecule has 0 aliphatic carbocycles. The Labute approximate surface area is 178 Å². The first-order chi connectivity index (χ1) is 14.0. The van der Waals surface area contributed by atoms with E-state index in [1.807, 2.05) is 0 Å². The number of hydrogen-bond acceptors (Lipinski definition) is 9. The number of hydrogen-bond donors (Lipinski definition) is 1. The predicted octanol–water partition coefficient (Wildman–Crippen LogP) is 1.95. The van der Waals surface area contributed by atoms with Crippen LogP contribution in [-0.2, 0) is 38.1 Å². The van der Waals surface area contributed by atoms with Crippen LogP contribution in [0.2, 0.25) is 0 Å². The molecule has 1 fully saturated rings. The standard InChI is InChI=1S/C21H37NO8/c1-7-28-16(23)20(17(24)29-8-2,15-9-13-27-14-10-15)11-12-21(22,26-6)18(25)30-19(3,4)5/h15H,7-14,22H2,1-6H3. The molecule has 1 rings (SSSR count). The van der Waals surface area contributed by atoms with Gasteiger partial charge < -0.3 is 23.7 Å². The van der Waals surface area contributed by atoms with Gasteiger partial charge in [0.05, 0.1) is 13.2 Å². The van der Waals surface area contributed by atoms with E-state index in [1.165, 1.54) is 7.11 Å².